The summed E-state index contributed by atoms with van der Waals surface area (Å²) in [6, 6.07) is 10.3. The van der Waals surface area contributed by atoms with Crippen LogP contribution in [0.15, 0.2) is 30.3 Å². The molecule has 0 atom stereocenters. The van der Waals surface area contributed by atoms with Gasteiger partial charge in [0.1, 0.15) is 0 Å². The van der Waals surface area contributed by atoms with E-state index in [0.717, 1.165) is 0 Å². The second kappa shape index (κ2) is 23.1. The van der Waals surface area contributed by atoms with Gasteiger partial charge in [0.25, 0.3) is 0 Å². The van der Waals surface area contributed by atoms with E-state index in [1.807, 2.05) is 18.2 Å². The summed E-state index contributed by atoms with van der Waals surface area (Å²) in [6.45, 7) is 6.44. The lowest BCUT2D eigenvalue weighted by molar-refractivity contribution is 0.886. The molecule has 1 aromatic rings. The van der Waals surface area contributed by atoms with Gasteiger partial charge in [0.2, 0.25) is 0 Å². The van der Waals surface area contributed by atoms with Gasteiger partial charge in [0.05, 0.1) is 0 Å². The molecular formula is C11H30N4. The molecule has 0 spiro atoms. The molecule has 0 amide bonds. The Morgan fingerprint density at radius 3 is 1.20 bits per heavy atom. The van der Waals surface area contributed by atoms with Crippen LogP contribution in [0.3, 0.4) is 0 Å². The zero-order chi connectivity index (χ0) is 8.53. The maximum Gasteiger partial charge on any atom is -0.0398 e. The van der Waals surface area contributed by atoms with E-state index in [-0.39, 0.29) is 24.6 Å². The highest BCUT2D eigenvalue weighted by molar-refractivity contribution is 5.11. The molecule has 0 radical (unpaired) electrons. The summed E-state index contributed by atoms with van der Waals surface area (Å²) >= 11 is 0. The summed E-state index contributed by atoms with van der Waals surface area (Å²) in [4.78, 5) is 0. The Kier molecular flexibility index (Phi) is 45.1. The molecule has 0 fully saturated rings. The van der Waals surface area contributed by atoms with Gasteiger partial charge in [-0.25, -0.2) is 0 Å². The molecule has 0 aliphatic heterocycles. The summed E-state index contributed by atoms with van der Waals surface area (Å²) < 4.78 is 0. The number of benzene rings is 1. The van der Waals surface area contributed by atoms with E-state index in [2.05, 4.69) is 32.9 Å². The molecule has 0 saturated heterocycles. The molecule has 0 heterocycles. The largest absolute Gasteiger partial charge is 0.344 e. The molecule has 15 heavy (non-hydrogen) atoms. The van der Waals surface area contributed by atoms with Crippen LogP contribution in [-0.2, 0) is 0 Å². The van der Waals surface area contributed by atoms with Crippen molar-refractivity contribution in [1.29, 1.82) is 0 Å². The third kappa shape index (κ3) is 24.6. The van der Waals surface area contributed by atoms with Gasteiger partial charge in [0.15, 0.2) is 0 Å². The van der Waals surface area contributed by atoms with Crippen LogP contribution < -0.4 is 24.6 Å². The second-order valence-corrected chi connectivity index (χ2v) is 2.65. The van der Waals surface area contributed by atoms with Crippen LogP contribution in [0.2, 0.25) is 0 Å². The molecule has 4 nitrogen and oxygen atoms in total. The van der Waals surface area contributed by atoms with E-state index in [1.54, 1.807) is 0 Å². The Bertz CT molecular complexity index is 163. The van der Waals surface area contributed by atoms with Gasteiger partial charge in [-0.3, -0.25) is 0 Å². The van der Waals surface area contributed by atoms with Crippen LogP contribution >= 0.6 is 0 Å². The SMILES string of the molecule is CCCC.Cc1ccccc1.N.N.N.N. The van der Waals surface area contributed by atoms with Crippen LogP contribution in [0, 0.1) is 6.92 Å². The predicted octanol–water partition coefficient (Wildman–Crippen LogP) is 4.45. The van der Waals surface area contributed by atoms with E-state index >= 15 is 0 Å². The van der Waals surface area contributed by atoms with Crippen molar-refractivity contribution in [3.05, 3.63) is 35.9 Å². The fraction of sp³-hybridized carbons (Fsp3) is 0.455. The molecular weight excluding hydrogens is 188 g/mol. The monoisotopic (exact) mass is 218 g/mol. The van der Waals surface area contributed by atoms with Crippen molar-refractivity contribution < 1.29 is 0 Å². The van der Waals surface area contributed by atoms with Crippen LogP contribution in [0.25, 0.3) is 0 Å². The number of unbranched alkanes of at least 4 members (excludes halogenated alkanes) is 1. The first-order chi connectivity index (χ1) is 5.31. The van der Waals surface area contributed by atoms with Crippen molar-refractivity contribution in [3.8, 4) is 0 Å². The predicted molar refractivity (Wildman–Crippen MR) is 71.8 cm³/mol. The topological polar surface area (TPSA) is 140 Å². The van der Waals surface area contributed by atoms with Crippen molar-refractivity contribution in [3.63, 3.8) is 0 Å². The highest BCUT2D eigenvalue weighted by atomic mass is 14.0. The van der Waals surface area contributed by atoms with Crippen molar-refractivity contribution in [2.45, 2.75) is 33.6 Å². The summed E-state index contributed by atoms with van der Waals surface area (Å²) in [7, 11) is 0. The molecule has 4 heteroatoms. The fourth-order valence-corrected chi connectivity index (χ4v) is 0.534. The third-order valence-corrected chi connectivity index (χ3v) is 1.44. The molecule has 1 aromatic carbocycles. The molecule has 1 rings (SSSR count). The third-order valence-electron chi connectivity index (χ3n) is 1.44. The molecule has 0 saturated carbocycles. The maximum absolute atomic E-state index is 2.18. The average molecular weight is 218 g/mol. The van der Waals surface area contributed by atoms with E-state index in [9.17, 15) is 0 Å². The molecule has 12 N–H and O–H groups in total. The van der Waals surface area contributed by atoms with Gasteiger partial charge < -0.3 is 24.6 Å². The van der Waals surface area contributed by atoms with E-state index < -0.39 is 0 Å². The second-order valence-electron chi connectivity index (χ2n) is 2.65. The lowest BCUT2D eigenvalue weighted by Gasteiger charge is -1.82. The van der Waals surface area contributed by atoms with Crippen molar-refractivity contribution in [2.75, 3.05) is 0 Å². The number of hydrogen-bond donors (Lipinski definition) is 4. The summed E-state index contributed by atoms with van der Waals surface area (Å²) in [5, 5.41) is 0. The summed E-state index contributed by atoms with van der Waals surface area (Å²) in [6.07, 6.45) is 2.64. The Balaban J connectivity index is -0.0000000383. The van der Waals surface area contributed by atoms with Crippen molar-refractivity contribution >= 4 is 0 Å². The maximum atomic E-state index is 2.18. The van der Waals surface area contributed by atoms with Crippen LogP contribution in [0.4, 0.5) is 0 Å². The molecule has 0 aliphatic carbocycles. The smallest absolute Gasteiger partial charge is 0.0398 e. The minimum atomic E-state index is 0. The summed E-state index contributed by atoms with van der Waals surface area (Å²) in [5.41, 5.74) is 1.32. The lowest BCUT2D eigenvalue weighted by atomic mass is 10.2. The standard InChI is InChI=1S/C7H8.C4H10.4H3N/c1-7-5-3-2-4-6-7;1-3-4-2;;;;/h2-6H,1H3;3-4H2,1-2H3;4*1H3. The van der Waals surface area contributed by atoms with E-state index in [1.165, 1.54) is 18.4 Å². The molecule has 94 valence electrons. The van der Waals surface area contributed by atoms with Crippen molar-refractivity contribution in [1.82, 2.24) is 24.6 Å². The Morgan fingerprint density at radius 2 is 1.07 bits per heavy atom. The van der Waals surface area contributed by atoms with Crippen LogP contribution in [-0.4, -0.2) is 0 Å². The fourth-order valence-electron chi connectivity index (χ4n) is 0.534. The van der Waals surface area contributed by atoms with Gasteiger partial charge in [-0.1, -0.05) is 62.6 Å². The quantitative estimate of drug-likeness (QED) is 0.552. The highest BCUT2D eigenvalue weighted by Gasteiger charge is 1.72. The van der Waals surface area contributed by atoms with Gasteiger partial charge in [-0.15, -0.1) is 0 Å². The molecule has 0 aromatic heterocycles. The Labute approximate surface area is 94.8 Å². The number of aryl methyl sites for hydroxylation is 1. The number of rotatable bonds is 1. The normalized spacial score (nSPS) is 6.07. The first-order valence-electron chi connectivity index (χ1n) is 4.32. The number of hydrogen-bond acceptors (Lipinski definition) is 4. The zero-order valence-electron chi connectivity index (χ0n) is 10.6. The first-order valence-corrected chi connectivity index (χ1v) is 4.32. The average Bonchev–Trinajstić information content (AvgIpc) is 2.07. The van der Waals surface area contributed by atoms with E-state index in [0.29, 0.717) is 0 Å². The minimum absolute atomic E-state index is 0. The van der Waals surface area contributed by atoms with Crippen LogP contribution in [0.5, 0.6) is 0 Å². The highest BCUT2D eigenvalue weighted by Crippen LogP contribution is 1.92. The Morgan fingerprint density at radius 1 is 0.733 bits per heavy atom. The molecule has 0 unspecified atom stereocenters. The summed E-state index contributed by atoms with van der Waals surface area (Å²) in [5.74, 6) is 0. The van der Waals surface area contributed by atoms with Gasteiger partial charge in [-0.05, 0) is 6.92 Å². The molecule has 0 aliphatic rings. The van der Waals surface area contributed by atoms with Crippen molar-refractivity contribution in [2.24, 2.45) is 0 Å². The van der Waals surface area contributed by atoms with Crippen LogP contribution in [0.1, 0.15) is 32.3 Å². The van der Waals surface area contributed by atoms with Gasteiger partial charge in [-0.2, -0.15) is 0 Å². The van der Waals surface area contributed by atoms with E-state index in [4.69, 9.17) is 0 Å². The first kappa shape index (κ1) is 29.2. The molecule has 0 bridgehead atoms. The lowest BCUT2D eigenvalue weighted by Crippen LogP contribution is -1.62. The zero-order valence-corrected chi connectivity index (χ0v) is 10.6. The Hall–Kier alpha value is -0.940. The minimum Gasteiger partial charge on any atom is -0.344 e. The van der Waals surface area contributed by atoms with Gasteiger partial charge >= 0.3 is 0 Å². The van der Waals surface area contributed by atoms with Gasteiger partial charge in [0, 0.05) is 0 Å².